The molecule has 1 unspecified atom stereocenters. The molecule has 0 spiro atoms. The zero-order valence-electron chi connectivity index (χ0n) is 12.1. The van der Waals surface area contributed by atoms with Gasteiger partial charge in [0.2, 0.25) is 0 Å². The molecule has 0 fully saturated rings. The van der Waals surface area contributed by atoms with Gasteiger partial charge in [0, 0.05) is 12.6 Å². The molecule has 1 aromatic heterocycles. The van der Waals surface area contributed by atoms with Crippen LogP contribution in [0.5, 0.6) is 5.75 Å². The minimum atomic E-state index is -0.0239. The SMILES string of the molecule is CCNC(c1cc(C)ccc1OC)c1c(Br)nnn1C. The standard InChI is InChI=1S/C14H19BrN4O/c1-5-16-12(13-14(15)17-18-19(13)3)10-8-9(2)6-7-11(10)20-4/h6-8,12,16H,5H2,1-4H3. The second kappa shape index (κ2) is 6.37. The fourth-order valence-corrected chi connectivity index (χ4v) is 2.84. The number of halogens is 1. The van der Waals surface area contributed by atoms with E-state index in [-0.39, 0.29) is 6.04 Å². The summed E-state index contributed by atoms with van der Waals surface area (Å²) in [5.74, 6) is 0.856. The molecule has 0 bridgehead atoms. The van der Waals surface area contributed by atoms with E-state index in [0.717, 1.165) is 28.2 Å². The van der Waals surface area contributed by atoms with Crippen LogP contribution in [0.3, 0.4) is 0 Å². The van der Waals surface area contributed by atoms with Crippen LogP contribution in [0.4, 0.5) is 0 Å². The third kappa shape index (κ3) is 2.86. The summed E-state index contributed by atoms with van der Waals surface area (Å²) in [4.78, 5) is 0. The van der Waals surface area contributed by atoms with E-state index in [1.54, 1.807) is 11.8 Å². The van der Waals surface area contributed by atoms with E-state index >= 15 is 0 Å². The van der Waals surface area contributed by atoms with Crippen LogP contribution in [0, 0.1) is 6.92 Å². The van der Waals surface area contributed by atoms with Crippen molar-refractivity contribution in [3.8, 4) is 5.75 Å². The quantitative estimate of drug-likeness (QED) is 0.910. The van der Waals surface area contributed by atoms with E-state index in [1.807, 2.05) is 19.2 Å². The number of aromatic nitrogens is 3. The highest BCUT2D eigenvalue weighted by molar-refractivity contribution is 9.10. The van der Waals surface area contributed by atoms with Crippen LogP contribution in [0.25, 0.3) is 0 Å². The smallest absolute Gasteiger partial charge is 0.153 e. The van der Waals surface area contributed by atoms with Gasteiger partial charge in [-0.25, -0.2) is 4.68 Å². The van der Waals surface area contributed by atoms with Crippen LogP contribution in [-0.4, -0.2) is 28.6 Å². The molecule has 108 valence electrons. The molecule has 0 aliphatic rings. The summed E-state index contributed by atoms with van der Waals surface area (Å²) in [6.07, 6.45) is 0. The molecule has 6 heteroatoms. The lowest BCUT2D eigenvalue weighted by molar-refractivity contribution is 0.402. The second-order valence-corrected chi connectivity index (χ2v) is 5.38. The van der Waals surface area contributed by atoms with Crippen molar-refractivity contribution in [3.05, 3.63) is 39.6 Å². The molecule has 20 heavy (non-hydrogen) atoms. The molecule has 1 atom stereocenters. The molecule has 5 nitrogen and oxygen atoms in total. The number of methoxy groups -OCH3 is 1. The first-order chi connectivity index (χ1) is 9.58. The topological polar surface area (TPSA) is 52.0 Å². The van der Waals surface area contributed by atoms with Crippen LogP contribution >= 0.6 is 15.9 Å². The van der Waals surface area contributed by atoms with Crippen LogP contribution in [-0.2, 0) is 7.05 Å². The molecule has 2 aromatic rings. The van der Waals surface area contributed by atoms with Crippen molar-refractivity contribution in [2.75, 3.05) is 13.7 Å². The summed E-state index contributed by atoms with van der Waals surface area (Å²) < 4.78 is 8.02. The summed E-state index contributed by atoms with van der Waals surface area (Å²) in [6, 6.07) is 6.14. The number of nitrogens with zero attached hydrogens (tertiary/aromatic N) is 3. The number of hydrogen-bond donors (Lipinski definition) is 1. The zero-order chi connectivity index (χ0) is 14.7. The number of rotatable bonds is 5. The zero-order valence-corrected chi connectivity index (χ0v) is 13.7. The number of benzene rings is 1. The molecule has 0 saturated carbocycles. The highest BCUT2D eigenvalue weighted by atomic mass is 79.9. The van der Waals surface area contributed by atoms with Crippen molar-refractivity contribution in [2.45, 2.75) is 19.9 Å². The minimum absolute atomic E-state index is 0.0239. The van der Waals surface area contributed by atoms with Gasteiger partial charge in [0.25, 0.3) is 0 Å². The summed E-state index contributed by atoms with van der Waals surface area (Å²) in [6.45, 7) is 4.98. The van der Waals surface area contributed by atoms with Gasteiger partial charge in [-0.2, -0.15) is 0 Å². The summed E-state index contributed by atoms with van der Waals surface area (Å²) in [5, 5.41) is 11.6. The Kier molecular flexibility index (Phi) is 4.77. The van der Waals surface area contributed by atoms with Gasteiger partial charge in [0.15, 0.2) is 4.60 Å². The highest BCUT2D eigenvalue weighted by Crippen LogP contribution is 2.33. The third-order valence-electron chi connectivity index (χ3n) is 3.20. The monoisotopic (exact) mass is 338 g/mol. The third-order valence-corrected chi connectivity index (χ3v) is 3.77. The van der Waals surface area contributed by atoms with Crippen molar-refractivity contribution in [2.24, 2.45) is 7.05 Å². The molecule has 1 N–H and O–H groups in total. The Hall–Kier alpha value is -1.40. The Morgan fingerprint density at radius 3 is 2.75 bits per heavy atom. The summed E-state index contributed by atoms with van der Waals surface area (Å²) in [7, 11) is 3.58. The molecule has 1 aromatic carbocycles. The maximum atomic E-state index is 5.50. The summed E-state index contributed by atoms with van der Waals surface area (Å²) >= 11 is 3.47. The minimum Gasteiger partial charge on any atom is -0.496 e. The molecule has 0 amide bonds. The van der Waals surface area contributed by atoms with E-state index in [4.69, 9.17) is 4.74 Å². The van der Waals surface area contributed by atoms with E-state index < -0.39 is 0 Å². The second-order valence-electron chi connectivity index (χ2n) is 4.63. The van der Waals surface area contributed by atoms with Gasteiger partial charge in [-0.15, -0.1) is 5.10 Å². The maximum absolute atomic E-state index is 5.50. The van der Waals surface area contributed by atoms with Crippen LogP contribution in [0.1, 0.15) is 29.8 Å². The van der Waals surface area contributed by atoms with E-state index in [2.05, 4.69) is 51.5 Å². The van der Waals surface area contributed by atoms with Gasteiger partial charge < -0.3 is 10.1 Å². The molecule has 2 rings (SSSR count). The van der Waals surface area contributed by atoms with Crippen molar-refractivity contribution >= 4 is 15.9 Å². The Bertz CT molecular complexity index is 577. The summed E-state index contributed by atoms with van der Waals surface area (Å²) in [5.41, 5.74) is 3.26. The van der Waals surface area contributed by atoms with Gasteiger partial charge in [0.1, 0.15) is 5.75 Å². The molecule has 0 saturated heterocycles. The van der Waals surface area contributed by atoms with Crippen LogP contribution in [0.2, 0.25) is 0 Å². The Morgan fingerprint density at radius 1 is 1.45 bits per heavy atom. The first-order valence-electron chi connectivity index (χ1n) is 6.51. The number of aryl methyl sites for hydroxylation is 2. The largest absolute Gasteiger partial charge is 0.496 e. The van der Waals surface area contributed by atoms with E-state index in [1.165, 1.54) is 5.56 Å². The molecule has 0 radical (unpaired) electrons. The van der Waals surface area contributed by atoms with E-state index in [9.17, 15) is 0 Å². The van der Waals surface area contributed by atoms with Crippen molar-refractivity contribution in [1.29, 1.82) is 0 Å². The van der Waals surface area contributed by atoms with E-state index in [0.29, 0.717) is 0 Å². The van der Waals surface area contributed by atoms with Gasteiger partial charge in [-0.3, -0.25) is 0 Å². The Balaban J connectivity index is 2.57. The molecule has 0 aliphatic heterocycles. The van der Waals surface area contributed by atoms with Gasteiger partial charge in [-0.1, -0.05) is 29.8 Å². The Labute approximate surface area is 127 Å². The predicted octanol–water partition coefficient (Wildman–Crippen LogP) is 2.59. The lowest BCUT2D eigenvalue weighted by atomic mass is 10.0. The van der Waals surface area contributed by atoms with Crippen LogP contribution < -0.4 is 10.1 Å². The predicted molar refractivity (Wildman–Crippen MR) is 82.0 cm³/mol. The van der Waals surface area contributed by atoms with Crippen molar-refractivity contribution < 1.29 is 4.74 Å². The highest BCUT2D eigenvalue weighted by Gasteiger charge is 2.24. The molecule has 0 aliphatic carbocycles. The van der Waals surface area contributed by atoms with Gasteiger partial charge in [0.05, 0.1) is 18.8 Å². The molecular formula is C14H19BrN4O. The van der Waals surface area contributed by atoms with Gasteiger partial charge in [-0.05, 0) is 35.5 Å². The molecular weight excluding hydrogens is 320 g/mol. The fraction of sp³-hybridized carbons (Fsp3) is 0.429. The van der Waals surface area contributed by atoms with Crippen molar-refractivity contribution in [3.63, 3.8) is 0 Å². The lowest BCUT2D eigenvalue weighted by Gasteiger charge is -2.21. The average molecular weight is 339 g/mol. The fourth-order valence-electron chi connectivity index (χ4n) is 2.28. The first-order valence-corrected chi connectivity index (χ1v) is 7.30. The maximum Gasteiger partial charge on any atom is 0.153 e. The van der Waals surface area contributed by atoms with Gasteiger partial charge >= 0.3 is 0 Å². The van der Waals surface area contributed by atoms with Crippen molar-refractivity contribution in [1.82, 2.24) is 20.3 Å². The number of nitrogens with one attached hydrogen (secondary N) is 1. The average Bonchev–Trinajstić information content (AvgIpc) is 2.76. The first kappa shape index (κ1) is 15.0. The number of hydrogen-bond acceptors (Lipinski definition) is 4. The number of ether oxygens (including phenoxy) is 1. The normalized spacial score (nSPS) is 12.4. The van der Waals surface area contributed by atoms with Crippen LogP contribution in [0.15, 0.2) is 22.8 Å². The molecule has 1 heterocycles. The Morgan fingerprint density at radius 2 is 2.20 bits per heavy atom. The lowest BCUT2D eigenvalue weighted by Crippen LogP contribution is -2.25.